The molecule has 21 heavy (non-hydrogen) atoms. The molecule has 6 heteroatoms. The molecule has 0 fully saturated rings. The van der Waals surface area contributed by atoms with Gasteiger partial charge in [0.05, 0.1) is 26.8 Å². The van der Waals surface area contributed by atoms with E-state index in [2.05, 4.69) is 5.32 Å². The molecular weight excluding hydrogens is 339 g/mol. The van der Waals surface area contributed by atoms with Gasteiger partial charge < -0.3 is 5.32 Å². The quantitative estimate of drug-likeness (QED) is 0.664. The van der Waals surface area contributed by atoms with Gasteiger partial charge in [-0.25, -0.2) is 8.78 Å². The largest absolute Gasteiger partial charge is 0.375 e. The molecule has 2 aromatic rings. The second kappa shape index (κ2) is 6.82. The summed E-state index contributed by atoms with van der Waals surface area (Å²) >= 11 is 17.8. The molecule has 0 bridgehead atoms. The Labute approximate surface area is 136 Å². The molecule has 0 aliphatic carbocycles. The van der Waals surface area contributed by atoms with Crippen molar-refractivity contribution >= 4 is 40.5 Å². The molecule has 112 valence electrons. The van der Waals surface area contributed by atoms with E-state index in [0.29, 0.717) is 16.5 Å². The molecule has 1 atom stereocenters. The number of benzene rings is 2. The van der Waals surface area contributed by atoms with Crippen LogP contribution < -0.4 is 5.32 Å². The molecule has 0 saturated heterocycles. The van der Waals surface area contributed by atoms with E-state index in [1.807, 2.05) is 6.92 Å². The molecule has 0 amide bonds. The van der Waals surface area contributed by atoms with Crippen molar-refractivity contribution in [2.75, 3.05) is 5.32 Å². The Morgan fingerprint density at radius 1 is 1.00 bits per heavy atom. The van der Waals surface area contributed by atoms with Crippen LogP contribution in [0.2, 0.25) is 15.1 Å². The highest BCUT2D eigenvalue weighted by molar-refractivity contribution is 6.42. The molecule has 0 radical (unpaired) electrons. The normalized spacial score (nSPS) is 12.3. The van der Waals surface area contributed by atoms with Gasteiger partial charge in [-0.1, -0.05) is 47.8 Å². The van der Waals surface area contributed by atoms with Crippen molar-refractivity contribution in [2.45, 2.75) is 19.4 Å². The van der Waals surface area contributed by atoms with Crippen molar-refractivity contribution in [1.29, 1.82) is 0 Å². The molecule has 0 aliphatic rings. The van der Waals surface area contributed by atoms with Crippen LogP contribution >= 0.6 is 34.8 Å². The summed E-state index contributed by atoms with van der Waals surface area (Å²) in [6, 6.07) is 6.80. The van der Waals surface area contributed by atoms with Crippen LogP contribution in [0, 0.1) is 11.6 Å². The van der Waals surface area contributed by atoms with Crippen LogP contribution in [0.25, 0.3) is 0 Å². The smallest absolute Gasteiger partial charge is 0.150 e. The van der Waals surface area contributed by atoms with E-state index in [1.54, 1.807) is 18.2 Å². The zero-order valence-corrected chi connectivity index (χ0v) is 13.3. The van der Waals surface area contributed by atoms with Gasteiger partial charge in [0.2, 0.25) is 0 Å². The lowest BCUT2D eigenvalue weighted by molar-refractivity contribution is 0.582. The number of halogens is 5. The fourth-order valence-electron chi connectivity index (χ4n) is 2.00. The predicted molar refractivity (Wildman–Crippen MR) is 84.5 cm³/mol. The maximum Gasteiger partial charge on any atom is 0.150 e. The first-order valence-corrected chi connectivity index (χ1v) is 7.41. The van der Waals surface area contributed by atoms with Crippen molar-refractivity contribution in [3.05, 3.63) is 62.6 Å². The van der Waals surface area contributed by atoms with E-state index in [1.165, 1.54) is 0 Å². The number of rotatable bonds is 4. The van der Waals surface area contributed by atoms with Gasteiger partial charge in [-0.05, 0) is 30.2 Å². The average Bonchev–Trinajstić information content (AvgIpc) is 2.41. The molecule has 1 unspecified atom stereocenters. The molecule has 0 saturated carbocycles. The molecule has 0 heterocycles. The van der Waals surface area contributed by atoms with E-state index in [-0.39, 0.29) is 16.8 Å². The van der Waals surface area contributed by atoms with E-state index < -0.39 is 11.6 Å². The van der Waals surface area contributed by atoms with Crippen molar-refractivity contribution < 1.29 is 8.78 Å². The van der Waals surface area contributed by atoms with Crippen LogP contribution in [0.1, 0.15) is 24.9 Å². The Hall–Kier alpha value is -1.03. The summed E-state index contributed by atoms with van der Waals surface area (Å²) < 4.78 is 26.9. The van der Waals surface area contributed by atoms with Crippen molar-refractivity contribution in [1.82, 2.24) is 0 Å². The molecule has 0 aliphatic heterocycles. The summed E-state index contributed by atoms with van der Waals surface area (Å²) in [5.41, 5.74) is 0.905. The third-order valence-corrected chi connectivity index (χ3v) is 4.12. The number of anilines is 1. The summed E-state index contributed by atoms with van der Waals surface area (Å²) in [5, 5.41) is 3.83. The minimum atomic E-state index is -0.737. The average molecular weight is 351 g/mol. The summed E-state index contributed by atoms with van der Waals surface area (Å²) in [5.74, 6) is -1.45. The van der Waals surface area contributed by atoms with E-state index in [9.17, 15) is 8.78 Å². The highest BCUT2D eigenvalue weighted by Gasteiger charge is 2.16. The first-order valence-electron chi connectivity index (χ1n) is 6.28. The van der Waals surface area contributed by atoms with Crippen molar-refractivity contribution in [3.8, 4) is 0 Å². The maximum atomic E-state index is 13.8. The van der Waals surface area contributed by atoms with Crippen LogP contribution in [0.5, 0.6) is 0 Å². The van der Waals surface area contributed by atoms with E-state index in [4.69, 9.17) is 34.8 Å². The summed E-state index contributed by atoms with van der Waals surface area (Å²) in [4.78, 5) is 0. The zero-order chi connectivity index (χ0) is 15.6. The van der Waals surface area contributed by atoms with Gasteiger partial charge in [0.25, 0.3) is 0 Å². The van der Waals surface area contributed by atoms with Gasteiger partial charge in [-0.3, -0.25) is 0 Å². The molecular formula is C15H12Cl3F2N. The summed E-state index contributed by atoms with van der Waals surface area (Å²) in [6.45, 7) is 1.93. The summed E-state index contributed by atoms with van der Waals surface area (Å²) in [6.07, 6.45) is 0.658. The Morgan fingerprint density at radius 3 is 2.29 bits per heavy atom. The van der Waals surface area contributed by atoms with Crippen LogP contribution in [0.15, 0.2) is 30.3 Å². The molecule has 2 aromatic carbocycles. The fourth-order valence-corrected chi connectivity index (χ4v) is 2.56. The number of hydrogen-bond donors (Lipinski definition) is 1. The predicted octanol–water partition coefficient (Wildman–Crippen LogP) is 6.49. The van der Waals surface area contributed by atoms with Gasteiger partial charge in [0.1, 0.15) is 5.82 Å². The second-order valence-corrected chi connectivity index (χ2v) is 5.74. The van der Waals surface area contributed by atoms with Crippen LogP contribution in [-0.2, 0) is 0 Å². The SMILES string of the molecule is CCC(Nc1c(F)cc(F)cc1Cl)c1ccc(Cl)c(Cl)c1. The Bertz CT molecular complexity index is 638. The highest BCUT2D eigenvalue weighted by Crippen LogP contribution is 2.33. The van der Waals surface area contributed by atoms with Gasteiger partial charge in [-0.2, -0.15) is 0 Å². The minimum absolute atomic E-state index is 0.00832. The van der Waals surface area contributed by atoms with Crippen LogP contribution in [0.3, 0.4) is 0 Å². The van der Waals surface area contributed by atoms with Gasteiger partial charge in [-0.15, -0.1) is 0 Å². The van der Waals surface area contributed by atoms with Gasteiger partial charge in [0.15, 0.2) is 5.82 Å². The minimum Gasteiger partial charge on any atom is -0.375 e. The lowest BCUT2D eigenvalue weighted by atomic mass is 10.0. The monoisotopic (exact) mass is 349 g/mol. The first-order chi connectivity index (χ1) is 9.92. The lowest BCUT2D eigenvalue weighted by Gasteiger charge is -2.20. The molecule has 0 spiro atoms. The number of hydrogen-bond acceptors (Lipinski definition) is 1. The Kier molecular flexibility index (Phi) is 5.31. The van der Waals surface area contributed by atoms with Crippen LogP contribution in [-0.4, -0.2) is 0 Å². The molecule has 0 aromatic heterocycles. The molecule has 1 N–H and O–H groups in total. The fraction of sp³-hybridized carbons (Fsp3) is 0.200. The topological polar surface area (TPSA) is 12.0 Å². The van der Waals surface area contributed by atoms with E-state index >= 15 is 0 Å². The molecule has 1 nitrogen and oxygen atoms in total. The Morgan fingerprint density at radius 2 is 1.71 bits per heavy atom. The standard InChI is InChI=1S/C15H12Cl3F2N/c1-2-14(8-3-4-10(16)11(17)5-8)21-15-12(18)6-9(19)7-13(15)20/h3-7,14,21H,2H2,1H3. The summed E-state index contributed by atoms with van der Waals surface area (Å²) in [7, 11) is 0. The highest BCUT2D eigenvalue weighted by atomic mass is 35.5. The molecule has 2 rings (SSSR count). The maximum absolute atomic E-state index is 13.8. The Balaban J connectivity index is 2.33. The first kappa shape index (κ1) is 16.3. The van der Waals surface area contributed by atoms with Crippen LogP contribution in [0.4, 0.5) is 14.5 Å². The third kappa shape index (κ3) is 3.79. The van der Waals surface area contributed by atoms with Gasteiger partial charge >= 0.3 is 0 Å². The lowest BCUT2D eigenvalue weighted by Crippen LogP contribution is -2.11. The second-order valence-electron chi connectivity index (χ2n) is 4.52. The third-order valence-electron chi connectivity index (χ3n) is 3.08. The van der Waals surface area contributed by atoms with E-state index in [0.717, 1.165) is 17.7 Å². The van der Waals surface area contributed by atoms with Crippen molar-refractivity contribution in [3.63, 3.8) is 0 Å². The van der Waals surface area contributed by atoms with Gasteiger partial charge in [0, 0.05) is 6.07 Å². The number of nitrogens with one attached hydrogen (secondary N) is 1. The zero-order valence-electron chi connectivity index (χ0n) is 11.1. The van der Waals surface area contributed by atoms with Crippen molar-refractivity contribution in [2.24, 2.45) is 0 Å².